The van der Waals surface area contributed by atoms with Gasteiger partial charge in [-0.1, -0.05) is 15.9 Å². The number of carbonyl (C=O) groups excluding carboxylic acids is 1. The predicted octanol–water partition coefficient (Wildman–Crippen LogP) is 2.88. The summed E-state index contributed by atoms with van der Waals surface area (Å²) in [6.45, 7) is -0.287. The van der Waals surface area contributed by atoms with E-state index in [0.717, 1.165) is 22.7 Å². The molecule has 0 atom stereocenters. The van der Waals surface area contributed by atoms with Gasteiger partial charge in [-0.25, -0.2) is 0 Å². The van der Waals surface area contributed by atoms with Gasteiger partial charge in [0, 0.05) is 15.9 Å². The molecule has 1 aliphatic rings. The molecule has 1 heterocycles. The van der Waals surface area contributed by atoms with Gasteiger partial charge < -0.3 is 14.4 Å². The van der Waals surface area contributed by atoms with Crippen LogP contribution in [0, 0.1) is 0 Å². The fourth-order valence-electron chi connectivity index (χ4n) is 2.16. The molecule has 0 aliphatic heterocycles. The number of aliphatic carboxylic acids is 1. The van der Waals surface area contributed by atoms with E-state index in [0.29, 0.717) is 5.58 Å². The highest BCUT2D eigenvalue weighted by atomic mass is 79.9. The van der Waals surface area contributed by atoms with Crippen LogP contribution < -0.4 is 0 Å². The van der Waals surface area contributed by atoms with Gasteiger partial charge in [-0.3, -0.25) is 9.59 Å². The van der Waals surface area contributed by atoms with Crippen LogP contribution >= 0.6 is 15.9 Å². The fourth-order valence-corrected chi connectivity index (χ4v) is 2.54. The minimum atomic E-state index is -1.01. The van der Waals surface area contributed by atoms with E-state index in [4.69, 9.17) is 9.52 Å². The summed E-state index contributed by atoms with van der Waals surface area (Å²) in [7, 11) is 0. The smallest absolute Gasteiger partial charge is 0.323 e. The number of benzene rings is 1. The highest BCUT2D eigenvalue weighted by Crippen LogP contribution is 2.30. The van der Waals surface area contributed by atoms with Crippen molar-refractivity contribution in [1.29, 1.82) is 0 Å². The Morgan fingerprint density at radius 3 is 2.75 bits per heavy atom. The number of carboxylic acid groups (broad SMARTS) is 1. The number of amides is 1. The predicted molar refractivity (Wildman–Crippen MR) is 75.6 cm³/mol. The average molecular weight is 338 g/mol. The van der Waals surface area contributed by atoms with Crippen molar-refractivity contribution in [2.45, 2.75) is 18.9 Å². The Kier molecular flexibility index (Phi) is 3.25. The molecule has 0 saturated heterocycles. The molecule has 1 fully saturated rings. The topological polar surface area (TPSA) is 70.8 Å². The third-order valence-electron chi connectivity index (χ3n) is 3.24. The van der Waals surface area contributed by atoms with E-state index in [2.05, 4.69) is 15.9 Å². The molecule has 1 N–H and O–H groups in total. The molecule has 1 aromatic carbocycles. The van der Waals surface area contributed by atoms with E-state index >= 15 is 0 Å². The van der Waals surface area contributed by atoms with Crippen molar-refractivity contribution in [3.63, 3.8) is 0 Å². The molecule has 1 amide bonds. The summed E-state index contributed by atoms with van der Waals surface area (Å²) in [5.41, 5.74) is 0.614. The van der Waals surface area contributed by atoms with Gasteiger partial charge in [0.2, 0.25) is 0 Å². The van der Waals surface area contributed by atoms with Gasteiger partial charge in [0.15, 0.2) is 5.76 Å². The molecular formula is C14H12BrNO4. The number of nitrogens with zero attached hydrogens (tertiary/aromatic N) is 1. The third-order valence-corrected chi connectivity index (χ3v) is 3.74. The first kappa shape index (κ1) is 13.2. The van der Waals surface area contributed by atoms with E-state index < -0.39 is 5.97 Å². The van der Waals surface area contributed by atoms with Crippen LogP contribution in [0.2, 0.25) is 0 Å². The molecule has 0 spiro atoms. The third kappa shape index (κ3) is 2.56. The second-order valence-corrected chi connectivity index (χ2v) is 5.77. The molecule has 104 valence electrons. The quantitative estimate of drug-likeness (QED) is 0.931. The molecule has 1 aliphatic carbocycles. The van der Waals surface area contributed by atoms with Crippen LogP contribution in [0.5, 0.6) is 0 Å². The van der Waals surface area contributed by atoms with Crippen molar-refractivity contribution in [2.75, 3.05) is 6.54 Å². The maximum Gasteiger partial charge on any atom is 0.323 e. The van der Waals surface area contributed by atoms with Crippen molar-refractivity contribution in [2.24, 2.45) is 0 Å². The van der Waals surface area contributed by atoms with Crippen molar-refractivity contribution >= 4 is 38.8 Å². The van der Waals surface area contributed by atoms with E-state index in [-0.39, 0.29) is 24.3 Å². The Hall–Kier alpha value is -1.82. The molecule has 0 unspecified atom stereocenters. The molecule has 1 saturated carbocycles. The number of hydrogen-bond acceptors (Lipinski definition) is 3. The summed E-state index contributed by atoms with van der Waals surface area (Å²) < 4.78 is 6.42. The lowest BCUT2D eigenvalue weighted by Crippen LogP contribution is -2.37. The van der Waals surface area contributed by atoms with E-state index in [1.54, 1.807) is 12.1 Å². The number of fused-ring (bicyclic) bond motifs is 1. The normalized spacial score (nSPS) is 14.4. The molecule has 6 heteroatoms. The van der Waals surface area contributed by atoms with Gasteiger partial charge in [-0.2, -0.15) is 0 Å². The van der Waals surface area contributed by atoms with Crippen LogP contribution in [-0.4, -0.2) is 34.5 Å². The summed E-state index contributed by atoms with van der Waals surface area (Å²) >= 11 is 3.36. The lowest BCUT2D eigenvalue weighted by molar-refractivity contribution is -0.137. The van der Waals surface area contributed by atoms with Crippen LogP contribution in [0.25, 0.3) is 11.0 Å². The lowest BCUT2D eigenvalue weighted by atomic mass is 10.2. The summed E-state index contributed by atoms with van der Waals surface area (Å²) in [6.07, 6.45) is 1.70. The van der Waals surface area contributed by atoms with Gasteiger partial charge in [-0.15, -0.1) is 0 Å². The van der Waals surface area contributed by atoms with Crippen molar-refractivity contribution in [3.8, 4) is 0 Å². The molecular weight excluding hydrogens is 326 g/mol. The Bertz CT molecular complexity index is 690. The zero-order valence-electron chi connectivity index (χ0n) is 10.5. The van der Waals surface area contributed by atoms with Crippen LogP contribution in [0.15, 0.2) is 33.2 Å². The van der Waals surface area contributed by atoms with Crippen molar-refractivity contribution in [3.05, 3.63) is 34.5 Å². The molecule has 1 aromatic heterocycles. The number of carboxylic acids is 1. The van der Waals surface area contributed by atoms with Gasteiger partial charge in [-0.05, 0) is 37.1 Å². The zero-order chi connectivity index (χ0) is 14.3. The first-order chi connectivity index (χ1) is 9.54. The highest BCUT2D eigenvalue weighted by molar-refractivity contribution is 9.10. The van der Waals surface area contributed by atoms with Gasteiger partial charge in [0.25, 0.3) is 5.91 Å². The second kappa shape index (κ2) is 4.94. The zero-order valence-corrected chi connectivity index (χ0v) is 12.1. The summed E-state index contributed by atoms with van der Waals surface area (Å²) in [5, 5.41) is 9.72. The Morgan fingerprint density at radius 1 is 1.35 bits per heavy atom. The summed E-state index contributed by atoms with van der Waals surface area (Å²) in [4.78, 5) is 24.6. The minimum Gasteiger partial charge on any atom is -0.480 e. The number of halogens is 1. The van der Waals surface area contributed by atoms with Crippen LogP contribution in [0.1, 0.15) is 23.4 Å². The SMILES string of the molecule is O=C(O)CN(C(=O)c1cc2cc(Br)ccc2o1)C1CC1. The van der Waals surface area contributed by atoms with Crippen LogP contribution in [0.4, 0.5) is 0 Å². The molecule has 3 rings (SSSR count). The highest BCUT2D eigenvalue weighted by Gasteiger charge is 2.35. The number of furan rings is 1. The van der Waals surface area contributed by atoms with Crippen LogP contribution in [0.3, 0.4) is 0 Å². The molecule has 5 nitrogen and oxygen atoms in total. The molecule has 0 bridgehead atoms. The van der Waals surface area contributed by atoms with Gasteiger partial charge >= 0.3 is 5.97 Å². The van der Waals surface area contributed by atoms with E-state index in [1.165, 1.54) is 4.90 Å². The minimum absolute atomic E-state index is 0.0264. The Balaban J connectivity index is 1.92. The van der Waals surface area contributed by atoms with E-state index in [1.807, 2.05) is 12.1 Å². The molecule has 2 aromatic rings. The maximum atomic E-state index is 12.4. The van der Waals surface area contributed by atoms with E-state index in [9.17, 15) is 9.59 Å². The lowest BCUT2D eigenvalue weighted by Gasteiger charge is -2.18. The Morgan fingerprint density at radius 2 is 2.10 bits per heavy atom. The largest absolute Gasteiger partial charge is 0.480 e. The second-order valence-electron chi connectivity index (χ2n) is 4.85. The van der Waals surface area contributed by atoms with Gasteiger partial charge in [0.05, 0.1) is 0 Å². The monoisotopic (exact) mass is 337 g/mol. The van der Waals surface area contributed by atoms with Crippen molar-refractivity contribution < 1.29 is 19.1 Å². The fraction of sp³-hybridized carbons (Fsp3) is 0.286. The first-order valence-electron chi connectivity index (χ1n) is 6.26. The number of carbonyl (C=O) groups is 2. The maximum absolute atomic E-state index is 12.4. The summed E-state index contributed by atoms with van der Waals surface area (Å²) in [6, 6.07) is 7.14. The number of rotatable bonds is 4. The van der Waals surface area contributed by atoms with Gasteiger partial charge in [0.1, 0.15) is 12.1 Å². The molecule has 0 radical (unpaired) electrons. The van der Waals surface area contributed by atoms with Crippen LogP contribution in [-0.2, 0) is 4.79 Å². The first-order valence-corrected chi connectivity index (χ1v) is 7.06. The standard InChI is InChI=1S/C14H12BrNO4/c15-9-1-4-11-8(5-9)6-12(20-11)14(19)16(7-13(17)18)10-2-3-10/h1,4-6,10H,2-3,7H2,(H,17,18). The Labute approximate surface area is 123 Å². The molecule has 20 heavy (non-hydrogen) atoms. The average Bonchev–Trinajstić information content (AvgIpc) is 3.14. The van der Waals surface area contributed by atoms with Crippen molar-refractivity contribution in [1.82, 2.24) is 4.90 Å². The number of hydrogen-bond donors (Lipinski definition) is 1. The summed E-state index contributed by atoms with van der Waals surface area (Å²) in [5.74, 6) is -1.18.